The van der Waals surface area contributed by atoms with E-state index < -0.39 is 6.10 Å². The number of carbonyl (C=O) groups excluding carboxylic acids is 1. The SMILES string of the molecule is O=C(Nc1nc(-c2ccc[nH]2)cs1)[C@H]1CC(c2ccccc2)=NO1. The molecule has 0 spiro atoms. The van der Waals surface area contributed by atoms with Crippen LogP contribution in [0, 0.1) is 0 Å². The minimum Gasteiger partial charge on any atom is -0.382 e. The van der Waals surface area contributed by atoms with Crippen LogP contribution >= 0.6 is 11.3 Å². The number of hydrogen-bond donors (Lipinski definition) is 2. The van der Waals surface area contributed by atoms with Gasteiger partial charge >= 0.3 is 0 Å². The Bertz CT molecular complexity index is 871. The molecule has 0 saturated carbocycles. The summed E-state index contributed by atoms with van der Waals surface area (Å²) in [6, 6.07) is 13.5. The quantitative estimate of drug-likeness (QED) is 0.766. The molecule has 1 aliphatic heterocycles. The van der Waals surface area contributed by atoms with Crippen molar-refractivity contribution >= 4 is 28.1 Å². The van der Waals surface area contributed by atoms with E-state index in [1.54, 1.807) is 0 Å². The Morgan fingerprint density at radius 1 is 1.25 bits per heavy atom. The highest BCUT2D eigenvalue weighted by atomic mass is 32.1. The molecule has 0 saturated heterocycles. The number of oxime groups is 1. The highest BCUT2D eigenvalue weighted by molar-refractivity contribution is 7.14. The molecule has 0 aliphatic carbocycles. The van der Waals surface area contributed by atoms with Crippen molar-refractivity contribution in [2.75, 3.05) is 5.32 Å². The monoisotopic (exact) mass is 338 g/mol. The number of anilines is 1. The van der Waals surface area contributed by atoms with E-state index in [0.717, 1.165) is 22.7 Å². The van der Waals surface area contributed by atoms with Crippen molar-refractivity contribution in [2.24, 2.45) is 5.16 Å². The molecule has 1 amide bonds. The molecule has 7 heteroatoms. The molecule has 2 aromatic heterocycles. The van der Waals surface area contributed by atoms with Gasteiger partial charge in [0.15, 0.2) is 5.13 Å². The summed E-state index contributed by atoms with van der Waals surface area (Å²) in [6.45, 7) is 0. The summed E-state index contributed by atoms with van der Waals surface area (Å²) >= 11 is 1.38. The lowest BCUT2D eigenvalue weighted by Gasteiger charge is -2.06. The maximum atomic E-state index is 12.3. The molecule has 6 nitrogen and oxygen atoms in total. The fourth-order valence-electron chi connectivity index (χ4n) is 2.45. The van der Waals surface area contributed by atoms with Gasteiger partial charge in [-0.3, -0.25) is 10.1 Å². The van der Waals surface area contributed by atoms with E-state index in [1.807, 2.05) is 54.0 Å². The normalized spacial score (nSPS) is 16.5. The van der Waals surface area contributed by atoms with Crippen molar-refractivity contribution in [2.45, 2.75) is 12.5 Å². The third kappa shape index (κ3) is 2.93. The van der Waals surface area contributed by atoms with Gasteiger partial charge in [-0.1, -0.05) is 35.5 Å². The van der Waals surface area contributed by atoms with Gasteiger partial charge in [0.1, 0.15) is 0 Å². The number of rotatable bonds is 4. The standard InChI is InChI=1S/C17H14N4O2S/c22-16(15-9-13(21-23-15)11-5-2-1-3-6-11)20-17-19-14(10-24-17)12-7-4-8-18-12/h1-8,10,15,18H,9H2,(H,19,20,22)/t15-/m1/s1. The lowest BCUT2D eigenvalue weighted by Crippen LogP contribution is -2.27. The number of aromatic amines is 1. The largest absolute Gasteiger partial charge is 0.382 e. The maximum Gasteiger partial charge on any atom is 0.270 e. The van der Waals surface area contributed by atoms with Crippen molar-refractivity contribution in [3.63, 3.8) is 0 Å². The summed E-state index contributed by atoms with van der Waals surface area (Å²) < 4.78 is 0. The van der Waals surface area contributed by atoms with Crippen LogP contribution in [0.3, 0.4) is 0 Å². The average molecular weight is 338 g/mol. The number of carbonyl (C=O) groups is 1. The maximum absolute atomic E-state index is 12.3. The van der Waals surface area contributed by atoms with Crippen LogP contribution in [0.4, 0.5) is 5.13 Å². The van der Waals surface area contributed by atoms with Gasteiger partial charge in [0, 0.05) is 18.0 Å². The topological polar surface area (TPSA) is 79.4 Å². The van der Waals surface area contributed by atoms with Crippen LogP contribution < -0.4 is 5.32 Å². The Morgan fingerprint density at radius 3 is 2.92 bits per heavy atom. The molecule has 0 radical (unpaired) electrons. The molecule has 24 heavy (non-hydrogen) atoms. The van der Waals surface area contributed by atoms with Crippen LogP contribution in [-0.4, -0.2) is 27.7 Å². The summed E-state index contributed by atoms with van der Waals surface area (Å²) in [5, 5.41) is 9.26. The Balaban J connectivity index is 1.39. The van der Waals surface area contributed by atoms with Gasteiger partial charge in [-0.05, 0) is 17.7 Å². The lowest BCUT2D eigenvalue weighted by molar-refractivity contribution is -0.125. The number of hydrogen-bond acceptors (Lipinski definition) is 5. The number of benzene rings is 1. The summed E-state index contributed by atoms with van der Waals surface area (Å²) in [7, 11) is 0. The highest BCUT2D eigenvalue weighted by Gasteiger charge is 2.29. The van der Waals surface area contributed by atoms with Crippen molar-refractivity contribution in [1.82, 2.24) is 9.97 Å². The van der Waals surface area contributed by atoms with Crippen molar-refractivity contribution in [3.05, 3.63) is 59.6 Å². The predicted octanol–water partition coefficient (Wildman–Crippen LogP) is 3.27. The third-order valence-electron chi connectivity index (χ3n) is 3.68. The zero-order valence-electron chi connectivity index (χ0n) is 12.6. The van der Waals surface area contributed by atoms with Crippen LogP contribution in [0.1, 0.15) is 12.0 Å². The van der Waals surface area contributed by atoms with E-state index in [4.69, 9.17) is 4.84 Å². The van der Waals surface area contributed by atoms with E-state index in [2.05, 4.69) is 20.4 Å². The van der Waals surface area contributed by atoms with Gasteiger partial charge in [-0.2, -0.15) is 0 Å². The van der Waals surface area contributed by atoms with Crippen molar-refractivity contribution in [3.8, 4) is 11.4 Å². The molecule has 3 aromatic rings. The fraction of sp³-hybridized carbons (Fsp3) is 0.118. The first kappa shape index (κ1) is 14.6. The molecule has 3 heterocycles. The highest BCUT2D eigenvalue weighted by Crippen LogP contribution is 2.24. The second kappa shape index (κ2) is 6.29. The smallest absolute Gasteiger partial charge is 0.270 e. The van der Waals surface area contributed by atoms with Gasteiger partial charge < -0.3 is 9.82 Å². The number of amides is 1. The van der Waals surface area contributed by atoms with Crippen LogP contribution in [0.25, 0.3) is 11.4 Å². The van der Waals surface area contributed by atoms with Gasteiger partial charge in [0.2, 0.25) is 6.10 Å². The lowest BCUT2D eigenvalue weighted by atomic mass is 10.1. The predicted molar refractivity (Wildman–Crippen MR) is 93.0 cm³/mol. The molecule has 0 bridgehead atoms. The van der Waals surface area contributed by atoms with Crippen molar-refractivity contribution in [1.29, 1.82) is 0 Å². The van der Waals surface area contributed by atoms with E-state index >= 15 is 0 Å². The van der Waals surface area contributed by atoms with Crippen LogP contribution in [0.15, 0.2) is 59.2 Å². The van der Waals surface area contributed by atoms with Crippen LogP contribution in [0.5, 0.6) is 0 Å². The molecule has 0 fully saturated rings. The zero-order valence-corrected chi connectivity index (χ0v) is 13.4. The molecule has 1 aliphatic rings. The number of H-pyrrole nitrogens is 1. The van der Waals surface area contributed by atoms with Crippen LogP contribution in [-0.2, 0) is 9.63 Å². The number of nitrogens with zero attached hydrogens (tertiary/aromatic N) is 2. The minimum absolute atomic E-state index is 0.239. The van der Waals surface area contributed by atoms with Gasteiger partial charge in [0.05, 0.1) is 17.1 Å². The first-order chi connectivity index (χ1) is 11.8. The Morgan fingerprint density at radius 2 is 2.12 bits per heavy atom. The Hall–Kier alpha value is -2.93. The first-order valence-corrected chi connectivity index (χ1v) is 8.36. The summed E-state index contributed by atoms with van der Waals surface area (Å²) in [5.41, 5.74) is 3.46. The second-order valence-corrected chi connectivity index (χ2v) is 6.17. The minimum atomic E-state index is -0.627. The molecule has 0 unspecified atom stereocenters. The zero-order chi connectivity index (χ0) is 16.4. The molecule has 4 rings (SSSR count). The molecule has 120 valence electrons. The molecule has 2 N–H and O–H groups in total. The number of thiazole rings is 1. The van der Waals surface area contributed by atoms with E-state index in [0.29, 0.717) is 11.6 Å². The summed E-state index contributed by atoms with van der Waals surface area (Å²) in [4.78, 5) is 25.1. The Labute approximate surface area is 142 Å². The van der Waals surface area contributed by atoms with E-state index in [1.165, 1.54) is 11.3 Å². The fourth-order valence-corrected chi connectivity index (χ4v) is 3.16. The second-order valence-electron chi connectivity index (χ2n) is 5.31. The Kier molecular flexibility index (Phi) is 3.84. The summed E-state index contributed by atoms with van der Waals surface area (Å²) in [5.74, 6) is -0.239. The number of aromatic nitrogens is 2. The summed E-state index contributed by atoms with van der Waals surface area (Å²) in [6.07, 6.45) is 1.66. The first-order valence-electron chi connectivity index (χ1n) is 7.48. The van der Waals surface area contributed by atoms with E-state index in [-0.39, 0.29) is 5.91 Å². The molecule has 1 aromatic carbocycles. The number of nitrogens with one attached hydrogen (secondary N) is 2. The van der Waals surface area contributed by atoms with E-state index in [9.17, 15) is 4.79 Å². The van der Waals surface area contributed by atoms with Gasteiger partial charge in [-0.15, -0.1) is 11.3 Å². The molecular formula is C17H14N4O2S. The third-order valence-corrected chi connectivity index (χ3v) is 4.43. The molecular weight excluding hydrogens is 324 g/mol. The molecule has 1 atom stereocenters. The van der Waals surface area contributed by atoms with Gasteiger partial charge in [-0.25, -0.2) is 4.98 Å². The van der Waals surface area contributed by atoms with Gasteiger partial charge in [0.25, 0.3) is 5.91 Å². The average Bonchev–Trinajstić information content (AvgIpc) is 3.36. The van der Waals surface area contributed by atoms with Crippen LogP contribution in [0.2, 0.25) is 0 Å². The van der Waals surface area contributed by atoms with Crippen molar-refractivity contribution < 1.29 is 9.63 Å².